The normalized spacial score (nSPS) is 25.8. The van der Waals surface area contributed by atoms with Crippen molar-refractivity contribution >= 4 is 23.6 Å². The highest BCUT2D eigenvalue weighted by Crippen LogP contribution is 2.46. The molecule has 0 saturated heterocycles. The first-order valence-corrected chi connectivity index (χ1v) is 7.76. The zero-order valence-corrected chi connectivity index (χ0v) is 11.9. The highest BCUT2D eigenvalue weighted by atomic mass is 32.1. The predicted octanol–water partition coefficient (Wildman–Crippen LogP) is 1.82. The molecule has 1 N–H and O–H groups in total. The zero-order chi connectivity index (χ0) is 13.3. The van der Waals surface area contributed by atoms with Crippen LogP contribution in [-0.2, 0) is 12.8 Å². The molecule has 6 nitrogen and oxygen atoms in total. The van der Waals surface area contributed by atoms with E-state index in [9.17, 15) is 0 Å². The number of hydrazone groups is 1. The van der Waals surface area contributed by atoms with Gasteiger partial charge in [-0.3, -0.25) is 14.9 Å². The summed E-state index contributed by atoms with van der Waals surface area (Å²) < 4.78 is 2.10. The Labute approximate surface area is 120 Å². The third kappa shape index (κ3) is 1.21. The molecule has 20 heavy (non-hydrogen) atoms. The zero-order valence-electron chi connectivity index (χ0n) is 11.1. The van der Waals surface area contributed by atoms with E-state index in [-0.39, 0.29) is 6.17 Å². The van der Waals surface area contributed by atoms with Gasteiger partial charge in [0.2, 0.25) is 5.95 Å². The second-order valence-corrected chi connectivity index (χ2v) is 6.84. The van der Waals surface area contributed by atoms with Gasteiger partial charge in [0.05, 0.1) is 0 Å². The molecule has 2 aromatic rings. The van der Waals surface area contributed by atoms with Gasteiger partial charge in [-0.05, 0) is 30.7 Å². The summed E-state index contributed by atoms with van der Waals surface area (Å²) in [5.74, 6) is 1.63. The second-order valence-electron chi connectivity index (χ2n) is 5.76. The summed E-state index contributed by atoms with van der Waals surface area (Å²) in [6, 6.07) is 0. The number of hydrogen-bond acceptors (Lipinski definition) is 6. The van der Waals surface area contributed by atoms with Gasteiger partial charge in [-0.15, -0.1) is 21.5 Å². The van der Waals surface area contributed by atoms with E-state index in [2.05, 4.69) is 37.1 Å². The van der Waals surface area contributed by atoms with Crippen LogP contribution in [0.15, 0.2) is 11.4 Å². The Kier molecular flexibility index (Phi) is 1.95. The van der Waals surface area contributed by atoms with Crippen LogP contribution < -0.4 is 10.3 Å². The first-order valence-electron chi connectivity index (χ1n) is 6.95. The fourth-order valence-corrected chi connectivity index (χ4v) is 4.94. The number of thiophene rings is 1. The van der Waals surface area contributed by atoms with E-state index in [1.807, 2.05) is 24.0 Å². The van der Waals surface area contributed by atoms with Crippen LogP contribution >= 0.6 is 11.3 Å². The number of nitrogens with zero attached hydrogens (tertiary/aromatic N) is 5. The Morgan fingerprint density at radius 1 is 1.45 bits per heavy atom. The molecule has 0 bridgehead atoms. The Bertz CT molecular complexity index is 729. The van der Waals surface area contributed by atoms with Gasteiger partial charge in [0.25, 0.3) is 0 Å². The maximum Gasteiger partial charge on any atom is 0.239 e. The molecule has 0 saturated carbocycles. The van der Waals surface area contributed by atoms with Crippen LogP contribution in [0.1, 0.15) is 35.5 Å². The van der Waals surface area contributed by atoms with Crippen LogP contribution in [-0.4, -0.2) is 21.1 Å². The number of anilines is 1. The Morgan fingerprint density at radius 2 is 2.40 bits per heavy atom. The smallest absolute Gasteiger partial charge is 0.239 e. The predicted molar refractivity (Wildman–Crippen MR) is 77.3 cm³/mol. The molecule has 0 spiro atoms. The highest BCUT2D eigenvalue weighted by molar-refractivity contribution is 7.15. The lowest BCUT2D eigenvalue weighted by atomic mass is 9.87. The first kappa shape index (κ1) is 10.8. The summed E-state index contributed by atoms with van der Waals surface area (Å²) in [5.41, 5.74) is 6.11. The molecule has 0 amide bonds. The van der Waals surface area contributed by atoms with Crippen molar-refractivity contribution in [2.24, 2.45) is 11.0 Å². The van der Waals surface area contributed by atoms with Crippen molar-refractivity contribution in [2.45, 2.75) is 32.4 Å². The number of rotatable bonds is 0. The number of hydrogen-bond donors (Lipinski definition) is 1. The molecule has 7 heteroatoms. The summed E-state index contributed by atoms with van der Waals surface area (Å²) in [5, 5.41) is 13.8. The summed E-state index contributed by atoms with van der Waals surface area (Å²) >= 11 is 1.90. The van der Waals surface area contributed by atoms with Gasteiger partial charge < -0.3 is 0 Å². The van der Waals surface area contributed by atoms with Crippen molar-refractivity contribution in [1.29, 1.82) is 0 Å². The van der Waals surface area contributed by atoms with Crippen molar-refractivity contribution in [3.8, 4) is 5.00 Å². The summed E-state index contributed by atoms with van der Waals surface area (Å²) in [6.45, 7) is 2.34. The molecule has 0 fully saturated rings. The van der Waals surface area contributed by atoms with E-state index in [0.717, 1.165) is 11.9 Å². The Hall–Kier alpha value is -1.89. The van der Waals surface area contributed by atoms with Crippen LogP contribution in [0.5, 0.6) is 0 Å². The third-order valence-corrected chi connectivity index (χ3v) is 5.71. The molecule has 2 aromatic heterocycles. The molecular weight excluding hydrogens is 272 g/mol. The minimum atomic E-state index is 0.0927. The van der Waals surface area contributed by atoms with Crippen LogP contribution in [0.3, 0.4) is 0 Å². The number of aromatic nitrogens is 3. The quantitative estimate of drug-likeness (QED) is 0.802. The first-order chi connectivity index (χ1) is 9.83. The lowest BCUT2D eigenvalue weighted by molar-refractivity contribution is 0.499. The summed E-state index contributed by atoms with van der Waals surface area (Å²) in [4.78, 5) is 3.60. The fraction of sp³-hybridized carbons (Fsp3) is 0.462. The standard InChI is InChI=1S/C13H14N6S/c1-7-2-3-8-9(4-7)20-12-10(8)11-16-14-5-18(11)13-17-15-6-19(12)13/h5-7,11,16H,2-4H2,1H3. The summed E-state index contributed by atoms with van der Waals surface area (Å²) in [7, 11) is 0. The molecule has 4 heterocycles. The van der Waals surface area contributed by atoms with E-state index >= 15 is 0 Å². The molecule has 0 aromatic carbocycles. The SMILES string of the molecule is CC1CCc2c(sc3c2C2NN=CN2c2nncn2-3)C1. The van der Waals surface area contributed by atoms with E-state index < -0.39 is 0 Å². The van der Waals surface area contributed by atoms with Crippen LogP contribution in [0.4, 0.5) is 5.95 Å². The van der Waals surface area contributed by atoms with Crippen LogP contribution in [0.25, 0.3) is 5.00 Å². The van der Waals surface area contributed by atoms with Crippen molar-refractivity contribution in [1.82, 2.24) is 20.2 Å². The lowest BCUT2D eigenvalue weighted by Gasteiger charge is -2.29. The number of fused-ring (bicyclic) bond motifs is 8. The van der Waals surface area contributed by atoms with Crippen molar-refractivity contribution in [2.75, 3.05) is 4.90 Å². The average molecular weight is 286 g/mol. The summed E-state index contributed by atoms with van der Waals surface area (Å²) in [6.07, 6.45) is 7.35. The second kappa shape index (κ2) is 3.60. The minimum Gasteiger partial charge on any atom is -0.281 e. The van der Waals surface area contributed by atoms with Gasteiger partial charge in [0.1, 0.15) is 17.7 Å². The Morgan fingerprint density at radius 3 is 3.35 bits per heavy atom. The van der Waals surface area contributed by atoms with Crippen molar-refractivity contribution < 1.29 is 0 Å². The van der Waals surface area contributed by atoms with Crippen LogP contribution in [0, 0.1) is 5.92 Å². The van der Waals surface area contributed by atoms with Crippen molar-refractivity contribution in [3.05, 3.63) is 22.3 Å². The largest absolute Gasteiger partial charge is 0.281 e. The maximum atomic E-state index is 4.23. The third-order valence-electron chi connectivity index (χ3n) is 4.44. The Balaban J connectivity index is 1.78. The minimum absolute atomic E-state index is 0.0927. The molecule has 0 radical (unpaired) electrons. The van der Waals surface area contributed by atoms with Gasteiger partial charge in [-0.25, -0.2) is 0 Å². The van der Waals surface area contributed by atoms with Gasteiger partial charge in [0.15, 0.2) is 6.17 Å². The van der Waals surface area contributed by atoms with E-state index in [1.54, 1.807) is 0 Å². The molecule has 3 aliphatic rings. The average Bonchev–Trinajstić information content (AvgIpc) is 3.14. The monoisotopic (exact) mass is 286 g/mol. The van der Waals surface area contributed by atoms with E-state index in [0.29, 0.717) is 0 Å². The topological polar surface area (TPSA) is 58.3 Å². The molecule has 2 atom stereocenters. The lowest BCUT2D eigenvalue weighted by Crippen LogP contribution is -2.35. The van der Waals surface area contributed by atoms with Gasteiger partial charge in [0, 0.05) is 10.4 Å². The molecular formula is C13H14N6S. The molecule has 2 aliphatic heterocycles. The van der Waals surface area contributed by atoms with Gasteiger partial charge >= 0.3 is 0 Å². The molecule has 102 valence electrons. The highest BCUT2D eigenvalue weighted by Gasteiger charge is 2.39. The molecule has 5 rings (SSSR count). The van der Waals surface area contributed by atoms with Gasteiger partial charge in [-0.2, -0.15) is 5.10 Å². The number of nitrogens with one attached hydrogen (secondary N) is 1. The van der Waals surface area contributed by atoms with Gasteiger partial charge in [-0.1, -0.05) is 6.92 Å². The molecule has 2 unspecified atom stereocenters. The van der Waals surface area contributed by atoms with E-state index in [4.69, 9.17) is 0 Å². The molecule has 1 aliphatic carbocycles. The van der Waals surface area contributed by atoms with E-state index in [1.165, 1.54) is 40.3 Å². The maximum absolute atomic E-state index is 4.23. The fourth-order valence-electron chi connectivity index (χ4n) is 3.44. The van der Waals surface area contributed by atoms with Crippen LogP contribution in [0.2, 0.25) is 0 Å². The van der Waals surface area contributed by atoms with Crippen molar-refractivity contribution in [3.63, 3.8) is 0 Å².